The molecular formula is C12H10F2N2O. The van der Waals surface area contributed by atoms with Gasteiger partial charge in [0, 0.05) is 24.5 Å². The lowest BCUT2D eigenvalue weighted by atomic mass is 10.1. The minimum absolute atomic E-state index is 0.0878. The number of ketones is 1. The Morgan fingerprint density at radius 1 is 1.35 bits per heavy atom. The number of hydrogen-bond acceptors (Lipinski definition) is 2. The lowest BCUT2D eigenvalue weighted by Gasteiger charge is -2.04. The molecule has 1 aromatic carbocycles. The number of aryl methyl sites for hydroxylation is 1. The zero-order valence-corrected chi connectivity index (χ0v) is 9.15. The Bertz CT molecular complexity index is 563. The number of benzene rings is 1. The number of nitrogens with zero attached hydrogens (tertiary/aromatic N) is 2. The van der Waals surface area contributed by atoms with Crippen LogP contribution in [0.15, 0.2) is 30.6 Å². The molecule has 17 heavy (non-hydrogen) atoms. The first-order chi connectivity index (χ1) is 8.13. The molecule has 3 nitrogen and oxygen atoms in total. The normalized spacial score (nSPS) is 10.5. The van der Waals surface area contributed by atoms with E-state index in [2.05, 4.69) is 4.98 Å². The van der Waals surface area contributed by atoms with Gasteiger partial charge in [-0.05, 0) is 25.1 Å². The third kappa shape index (κ3) is 2.08. The first kappa shape index (κ1) is 11.4. The fourth-order valence-electron chi connectivity index (χ4n) is 1.54. The SMILES string of the molecule is CCn1ccnc1C(=O)c1ccc(F)c(F)c1. The molecule has 0 atom stereocenters. The van der Waals surface area contributed by atoms with Crippen LogP contribution in [-0.4, -0.2) is 15.3 Å². The Kier molecular flexibility index (Phi) is 2.99. The summed E-state index contributed by atoms with van der Waals surface area (Å²) in [5, 5.41) is 0. The molecule has 88 valence electrons. The van der Waals surface area contributed by atoms with Gasteiger partial charge in [-0.1, -0.05) is 0 Å². The second-order valence-electron chi connectivity index (χ2n) is 3.49. The van der Waals surface area contributed by atoms with Crippen LogP contribution in [0.2, 0.25) is 0 Å². The molecule has 1 aromatic heterocycles. The van der Waals surface area contributed by atoms with Crippen molar-refractivity contribution in [2.45, 2.75) is 13.5 Å². The number of aromatic nitrogens is 2. The topological polar surface area (TPSA) is 34.9 Å². The molecule has 5 heteroatoms. The maximum Gasteiger partial charge on any atom is 0.228 e. The molecule has 0 spiro atoms. The molecule has 0 saturated carbocycles. The Labute approximate surface area is 96.7 Å². The first-order valence-corrected chi connectivity index (χ1v) is 5.14. The summed E-state index contributed by atoms with van der Waals surface area (Å²) in [6.45, 7) is 2.45. The van der Waals surface area contributed by atoms with Gasteiger partial charge in [-0.2, -0.15) is 0 Å². The molecular weight excluding hydrogens is 226 g/mol. The van der Waals surface area contributed by atoms with Crippen LogP contribution in [0.5, 0.6) is 0 Å². The molecule has 0 N–H and O–H groups in total. The van der Waals surface area contributed by atoms with Crippen LogP contribution >= 0.6 is 0 Å². The largest absolute Gasteiger partial charge is 0.328 e. The van der Waals surface area contributed by atoms with Crippen molar-refractivity contribution in [3.63, 3.8) is 0 Å². The molecule has 0 unspecified atom stereocenters. The Balaban J connectivity index is 2.40. The molecule has 0 aliphatic carbocycles. The number of carbonyl (C=O) groups excluding carboxylic acids is 1. The van der Waals surface area contributed by atoms with Gasteiger partial charge >= 0.3 is 0 Å². The van der Waals surface area contributed by atoms with Crippen LogP contribution in [0.25, 0.3) is 0 Å². The Morgan fingerprint density at radius 2 is 2.12 bits per heavy atom. The maximum absolute atomic E-state index is 13.0. The minimum Gasteiger partial charge on any atom is -0.328 e. The molecule has 0 aliphatic heterocycles. The van der Waals surface area contributed by atoms with Gasteiger partial charge in [0.1, 0.15) is 0 Å². The molecule has 2 aromatic rings. The van der Waals surface area contributed by atoms with Crippen molar-refractivity contribution < 1.29 is 13.6 Å². The fourth-order valence-corrected chi connectivity index (χ4v) is 1.54. The van der Waals surface area contributed by atoms with E-state index >= 15 is 0 Å². The smallest absolute Gasteiger partial charge is 0.228 e. The molecule has 1 heterocycles. The van der Waals surface area contributed by atoms with Crippen molar-refractivity contribution in [2.75, 3.05) is 0 Å². The lowest BCUT2D eigenvalue weighted by Crippen LogP contribution is -2.11. The maximum atomic E-state index is 13.0. The molecule has 0 fully saturated rings. The van der Waals surface area contributed by atoms with E-state index in [9.17, 15) is 13.6 Å². The number of rotatable bonds is 3. The second kappa shape index (κ2) is 4.45. The van der Waals surface area contributed by atoms with E-state index < -0.39 is 17.4 Å². The summed E-state index contributed by atoms with van der Waals surface area (Å²) in [5.41, 5.74) is 0.0878. The van der Waals surface area contributed by atoms with E-state index in [-0.39, 0.29) is 11.4 Å². The Hall–Kier alpha value is -2.04. The van der Waals surface area contributed by atoms with Crippen LogP contribution in [0.1, 0.15) is 23.1 Å². The lowest BCUT2D eigenvalue weighted by molar-refractivity contribution is 0.102. The van der Waals surface area contributed by atoms with Gasteiger partial charge in [0.25, 0.3) is 0 Å². The summed E-state index contributed by atoms with van der Waals surface area (Å²) in [6, 6.07) is 3.06. The fraction of sp³-hybridized carbons (Fsp3) is 0.167. The van der Waals surface area contributed by atoms with E-state index in [0.717, 1.165) is 12.1 Å². The van der Waals surface area contributed by atoms with Gasteiger partial charge in [-0.25, -0.2) is 13.8 Å². The Morgan fingerprint density at radius 3 is 2.76 bits per heavy atom. The highest BCUT2D eigenvalue weighted by atomic mass is 19.2. The van der Waals surface area contributed by atoms with Crippen molar-refractivity contribution in [1.82, 2.24) is 9.55 Å². The van der Waals surface area contributed by atoms with Gasteiger partial charge in [-0.15, -0.1) is 0 Å². The van der Waals surface area contributed by atoms with E-state index in [4.69, 9.17) is 0 Å². The van der Waals surface area contributed by atoms with Gasteiger partial charge in [0.15, 0.2) is 17.5 Å². The van der Waals surface area contributed by atoms with Gasteiger partial charge in [-0.3, -0.25) is 4.79 Å². The second-order valence-corrected chi connectivity index (χ2v) is 3.49. The van der Waals surface area contributed by atoms with Gasteiger partial charge in [0.05, 0.1) is 0 Å². The molecule has 0 aliphatic rings. The standard InChI is InChI=1S/C12H10F2N2O/c1-2-16-6-5-15-12(16)11(17)8-3-4-9(13)10(14)7-8/h3-7H,2H2,1H3. The number of imidazole rings is 1. The summed E-state index contributed by atoms with van der Waals surface area (Å²) in [6.07, 6.45) is 3.16. The van der Waals surface area contributed by atoms with Gasteiger partial charge < -0.3 is 4.57 Å². The number of hydrogen-bond donors (Lipinski definition) is 0. The van der Waals surface area contributed by atoms with Crippen LogP contribution in [0, 0.1) is 11.6 Å². The predicted molar refractivity (Wildman–Crippen MR) is 57.7 cm³/mol. The number of carbonyl (C=O) groups is 1. The van der Waals surface area contributed by atoms with Crippen LogP contribution in [0.4, 0.5) is 8.78 Å². The average Bonchev–Trinajstić information content (AvgIpc) is 2.80. The van der Waals surface area contributed by atoms with E-state index in [0.29, 0.717) is 6.54 Å². The van der Waals surface area contributed by atoms with E-state index in [1.54, 1.807) is 10.8 Å². The highest BCUT2D eigenvalue weighted by molar-refractivity contribution is 6.06. The third-order valence-corrected chi connectivity index (χ3v) is 2.44. The summed E-state index contributed by atoms with van der Waals surface area (Å²) < 4.78 is 27.4. The first-order valence-electron chi connectivity index (χ1n) is 5.14. The summed E-state index contributed by atoms with van der Waals surface area (Å²) in [5.74, 6) is -2.21. The third-order valence-electron chi connectivity index (χ3n) is 2.44. The van der Waals surface area contributed by atoms with Crippen molar-refractivity contribution in [3.05, 3.63) is 53.6 Å². The monoisotopic (exact) mass is 236 g/mol. The zero-order chi connectivity index (χ0) is 12.4. The molecule has 2 rings (SSSR count). The predicted octanol–water partition coefficient (Wildman–Crippen LogP) is 2.41. The summed E-state index contributed by atoms with van der Waals surface area (Å²) in [4.78, 5) is 15.9. The van der Waals surface area contributed by atoms with Crippen LogP contribution < -0.4 is 0 Å². The van der Waals surface area contributed by atoms with Crippen molar-refractivity contribution in [1.29, 1.82) is 0 Å². The van der Waals surface area contributed by atoms with Crippen molar-refractivity contribution >= 4 is 5.78 Å². The molecule has 0 amide bonds. The summed E-state index contributed by atoms with van der Waals surface area (Å²) in [7, 11) is 0. The highest BCUT2D eigenvalue weighted by Gasteiger charge is 2.16. The van der Waals surface area contributed by atoms with Crippen LogP contribution in [-0.2, 0) is 6.54 Å². The molecule has 0 radical (unpaired) electrons. The summed E-state index contributed by atoms with van der Waals surface area (Å²) >= 11 is 0. The average molecular weight is 236 g/mol. The van der Waals surface area contributed by atoms with E-state index in [1.165, 1.54) is 12.3 Å². The molecule has 0 bridgehead atoms. The van der Waals surface area contributed by atoms with Crippen LogP contribution in [0.3, 0.4) is 0 Å². The van der Waals surface area contributed by atoms with Crippen molar-refractivity contribution in [3.8, 4) is 0 Å². The van der Waals surface area contributed by atoms with Crippen molar-refractivity contribution in [2.24, 2.45) is 0 Å². The highest BCUT2D eigenvalue weighted by Crippen LogP contribution is 2.12. The molecule has 0 saturated heterocycles. The van der Waals surface area contributed by atoms with E-state index in [1.807, 2.05) is 6.92 Å². The number of halogens is 2. The minimum atomic E-state index is -1.04. The van der Waals surface area contributed by atoms with Gasteiger partial charge in [0.2, 0.25) is 5.78 Å². The zero-order valence-electron chi connectivity index (χ0n) is 9.15. The quantitative estimate of drug-likeness (QED) is 0.767.